The Balaban J connectivity index is 4.13. The average molecular weight is 228 g/mol. The monoisotopic (exact) mass is 228 g/mol. The lowest BCUT2D eigenvalue weighted by Gasteiger charge is -2.19. The number of rotatable bonds is 7. The molecule has 0 saturated heterocycles. The van der Waals surface area contributed by atoms with Crippen LogP contribution in [0, 0.1) is 11.8 Å². The van der Waals surface area contributed by atoms with Crippen LogP contribution in [0.3, 0.4) is 0 Å². The second-order valence-corrected chi connectivity index (χ2v) is 5.12. The summed E-state index contributed by atoms with van der Waals surface area (Å²) in [7, 11) is 0. The van der Waals surface area contributed by atoms with Crippen molar-refractivity contribution in [3.63, 3.8) is 0 Å². The normalized spacial score (nSPS) is 14.9. The predicted molar refractivity (Wildman–Crippen MR) is 64.9 cm³/mol. The van der Waals surface area contributed by atoms with Gasteiger partial charge in [-0.15, -0.1) is 0 Å². The Morgan fingerprint density at radius 2 is 1.69 bits per heavy atom. The summed E-state index contributed by atoms with van der Waals surface area (Å²) in [6.07, 6.45) is 2.07. The number of hydrogen-bond acceptors (Lipinski definition) is 3. The highest BCUT2D eigenvalue weighted by atomic mass is 16.2. The van der Waals surface area contributed by atoms with E-state index in [-0.39, 0.29) is 5.91 Å². The minimum atomic E-state index is -0.519. The number of carbonyl (C=O) groups excluding carboxylic acids is 2. The third-order valence-corrected chi connectivity index (χ3v) is 2.28. The molecule has 2 atom stereocenters. The average Bonchev–Trinajstić information content (AvgIpc) is 2.14. The van der Waals surface area contributed by atoms with E-state index in [0.29, 0.717) is 24.7 Å². The fourth-order valence-electron chi connectivity index (χ4n) is 1.56. The van der Waals surface area contributed by atoms with Gasteiger partial charge in [-0.2, -0.15) is 0 Å². The van der Waals surface area contributed by atoms with Gasteiger partial charge in [0.05, 0.1) is 12.1 Å². The van der Waals surface area contributed by atoms with Gasteiger partial charge in [0.1, 0.15) is 6.29 Å². The number of hydrogen-bond donors (Lipinski definition) is 2. The molecule has 0 aliphatic carbocycles. The third-order valence-electron chi connectivity index (χ3n) is 2.28. The van der Waals surface area contributed by atoms with Gasteiger partial charge in [-0.05, 0) is 24.7 Å². The quantitative estimate of drug-likeness (QED) is 0.641. The van der Waals surface area contributed by atoms with Crippen LogP contribution in [0.2, 0.25) is 0 Å². The lowest BCUT2D eigenvalue weighted by molar-refractivity contribution is -0.125. The molecule has 0 radical (unpaired) electrons. The van der Waals surface area contributed by atoms with Crippen molar-refractivity contribution in [1.82, 2.24) is 5.32 Å². The fraction of sp³-hybridized carbons (Fsp3) is 0.833. The molecule has 4 nitrogen and oxygen atoms in total. The SMILES string of the molecule is CC(C)C[C@@H](C=O)NC(=O)[C@H](N)CC(C)C. The van der Waals surface area contributed by atoms with Crippen molar-refractivity contribution in [3.05, 3.63) is 0 Å². The fourth-order valence-corrected chi connectivity index (χ4v) is 1.56. The highest BCUT2D eigenvalue weighted by molar-refractivity contribution is 5.84. The Hall–Kier alpha value is -0.900. The van der Waals surface area contributed by atoms with Crippen LogP contribution in [0.4, 0.5) is 0 Å². The Bertz CT molecular complexity index is 227. The molecule has 0 aromatic rings. The molecule has 0 fully saturated rings. The van der Waals surface area contributed by atoms with Crippen LogP contribution in [0.15, 0.2) is 0 Å². The molecule has 0 rings (SSSR count). The summed E-state index contributed by atoms with van der Waals surface area (Å²) >= 11 is 0. The molecule has 0 aromatic heterocycles. The predicted octanol–water partition coefficient (Wildman–Crippen LogP) is 1.09. The van der Waals surface area contributed by atoms with E-state index in [1.54, 1.807) is 0 Å². The first kappa shape index (κ1) is 15.1. The van der Waals surface area contributed by atoms with Crippen LogP contribution in [-0.4, -0.2) is 24.3 Å². The summed E-state index contributed by atoms with van der Waals surface area (Å²) in [4.78, 5) is 22.4. The van der Waals surface area contributed by atoms with Gasteiger partial charge in [0.15, 0.2) is 0 Å². The lowest BCUT2D eigenvalue weighted by atomic mass is 10.0. The minimum absolute atomic E-state index is 0.230. The van der Waals surface area contributed by atoms with Gasteiger partial charge in [-0.3, -0.25) is 4.79 Å². The summed E-state index contributed by atoms with van der Waals surface area (Å²) in [6.45, 7) is 8.05. The van der Waals surface area contributed by atoms with Crippen LogP contribution in [0.1, 0.15) is 40.5 Å². The van der Waals surface area contributed by atoms with Gasteiger partial charge in [0.25, 0.3) is 0 Å². The van der Waals surface area contributed by atoms with Crippen molar-refractivity contribution in [2.75, 3.05) is 0 Å². The maximum Gasteiger partial charge on any atom is 0.237 e. The Morgan fingerprint density at radius 1 is 1.19 bits per heavy atom. The summed E-state index contributed by atoms with van der Waals surface area (Å²) in [6, 6.07) is -0.930. The molecule has 0 unspecified atom stereocenters. The van der Waals surface area contributed by atoms with E-state index in [1.165, 1.54) is 0 Å². The second kappa shape index (κ2) is 7.39. The number of nitrogens with one attached hydrogen (secondary N) is 1. The van der Waals surface area contributed by atoms with E-state index in [1.807, 2.05) is 27.7 Å². The van der Waals surface area contributed by atoms with Crippen molar-refractivity contribution >= 4 is 12.2 Å². The number of amides is 1. The van der Waals surface area contributed by atoms with E-state index in [9.17, 15) is 9.59 Å². The third kappa shape index (κ3) is 6.56. The molecule has 0 heterocycles. The molecule has 0 aliphatic rings. The van der Waals surface area contributed by atoms with Crippen LogP contribution in [0.5, 0.6) is 0 Å². The van der Waals surface area contributed by atoms with Gasteiger partial charge < -0.3 is 15.8 Å². The molecular formula is C12H24N2O2. The Labute approximate surface area is 98.0 Å². The Kier molecular flexibility index (Phi) is 6.97. The van der Waals surface area contributed by atoms with Crippen molar-refractivity contribution in [1.29, 1.82) is 0 Å². The van der Waals surface area contributed by atoms with E-state index in [2.05, 4.69) is 5.32 Å². The molecule has 1 amide bonds. The van der Waals surface area contributed by atoms with Crippen LogP contribution < -0.4 is 11.1 Å². The molecule has 16 heavy (non-hydrogen) atoms. The minimum Gasteiger partial charge on any atom is -0.345 e. The standard InChI is InChI=1S/C12H24N2O2/c1-8(2)5-10(7-15)14-12(16)11(13)6-9(3)4/h7-11H,5-6,13H2,1-4H3,(H,14,16)/t10-,11+/m0/s1. The Morgan fingerprint density at radius 3 is 2.06 bits per heavy atom. The first-order chi connectivity index (χ1) is 7.36. The molecule has 94 valence electrons. The van der Waals surface area contributed by atoms with Crippen molar-refractivity contribution in [2.45, 2.75) is 52.6 Å². The first-order valence-electron chi connectivity index (χ1n) is 5.88. The second-order valence-electron chi connectivity index (χ2n) is 5.12. The zero-order chi connectivity index (χ0) is 12.7. The first-order valence-corrected chi connectivity index (χ1v) is 5.88. The smallest absolute Gasteiger partial charge is 0.237 e. The number of aldehydes is 1. The lowest BCUT2D eigenvalue weighted by Crippen LogP contribution is -2.46. The van der Waals surface area contributed by atoms with E-state index < -0.39 is 12.1 Å². The van der Waals surface area contributed by atoms with Gasteiger partial charge in [0, 0.05) is 0 Å². The molecule has 0 saturated carbocycles. The maximum absolute atomic E-state index is 11.6. The molecule has 0 aliphatic heterocycles. The molecule has 0 spiro atoms. The molecule has 3 N–H and O–H groups in total. The van der Waals surface area contributed by atoms with E-state index in [4.69, 9.17) is 5.73 Å². The maximum atomic E-state index is 11.6. The van der Waals surface area contributed by atoms with Crippen molar-refractivity contribution in [2.24, 2.45) is 17.6 Å². The molecular weight excluding hydrogens is 204 g/mol. The molecule has 0 bridgehead atoms. The molecule has 4 heteroatoms. The summed E-state index contributed by atoms with van der Waals surface area (Å²) in [5.74, 6) is 0.517. The highest BCUT2D eigenvalue weighted by Gasteiger charge is 2.19. The highest BCUT2D eigenvalue weighted by Crippen LogP contribution is 2.05. The topological polar surface area (TPSA) is 72.2 Å². The van der Waals surface area contributed by atoms with Gasteiger partial charge in [0.2, 0.25) is 5.91 Å². The molecule has 0 aromatic carbocycles. The summed E-state index contributed by atoms with van der Waals surface area (Å²) < 4.78 is 0. The van der Waals surface area contributed by atoms with Crippen LogP contribution >= 0.6 is 0 Å². The number of carbonyl (C=O) groups is 2. The van der Waals surface area contributed by atoms with Gasteiger partial charge in [-0.25, -0.2) is 0 Å². The summed E-state index contributed by atoms with van der Waals surface area (Å²) in [5.41, 5.74) is 5.72. The van der Waals surface area contributed by atoms with Crippen LogP contribution in [-0.2, 0) is 9.59 Å². The summed E-state index contributed by atoms with van der Waals surface area (Å²) in [5, 5.41) is 2.67. The number of nitrogens with two attached hydrogens (primary N) is 1. The van der Waals surface area contributed by atoms with Gasteiger partial charge >= 0.3 is 0 Å². The van der Waals surface area contributed by atoms with E-state index >= 15 is 0 Å². The zero-order valence-electron chi connectivity index (χ0n) is 10.7. The van der Waals surface area contributed by atoms with E-state index in [0.717, 1.165) is 6.29 Å². The van der Waals surface area contributed by atoms with Crippen molar-refractivity contribution < 1.29 is 9.59 Å². The largest absolute Gasteiger partial charge is 0.345 e. The van der Waals surface area contributed by atoms with Gasteiger partial charge in [-0.1, -0.05) is 27.7 Å². The zero-order valence-corrected chi connectivity index (χ0v) is 10.7. The van der Waals surface area contributed by atoms with Crippen LogP contribution in [0.25, 0.3) is 0 Å². The van der Waals surface area contributed by atoms with Crippen molar-refractivity contribution in [3.8, 4) is 0 Å².